The van der Waals surface area contributed by atoms with Crippen LogP contribution >= 0.6 is 0 Å². The van der Waals surface area contributed by atoms with Crippen molar-refractivity contribution in [1.82, 2.24) is 10.2 Å². The number of nitrogens with one attached hydrogen (secondary N) is 2. The highest BCUT2D eigenvalue weighted by Crippen LogP contribution is 2.36. The van der Waals surface area contributed by atoms with Gasteiger partial charge < -0.3 is 25.0 Å². The minimum Gasteiger partial charge on any atom is -0.494 e. The molecule has 1 aromatic carbocycles. The molecule has 10 heteroatoms. The molecule has 2 N–H and O–H groups in total. The Hall–Kier alpha value is -3.04. The van der Waals surface area contributed by atoms with Crippen molar-refractivity contribution in [2.75, 3.05) is 32.6 Å². The SMILES string of the molecule is CNc1c(OC)cc(C(=O)N2CCC(NC(=O)OC(C)(C)C)C2)cc1[N+](=O)[O-]. The Balaban J connectivity index is 2.13. The molecule has 10 nitrogen and oxygen atoms in total. The Morgan fingerprint density at radius 3 is 2.54 bits per heavy atom. The van der Waals surface area contributed by atoms with E-state index < -0.39 is 16.6 Å². The van der Waals surface area contributed by atoms with Gasteiger partial charge in [0.25, 0.3) is 11.6 Å². The second kappa shape index (κ2) is 8.32. The molecule has 154 valence electrons. The maximum absolute atomic E-state index is 12.8. The average Bonchev–Trinajstić information content (AvgIpc) is 3.06. The lowest BCUT2D eigenvalue weighted by molar-refractivity contribution is -0.384. The van der Waals surface area contributed by atoms with E-state index in [0.717, 1.165) is 0 Å². The molecule has 0 bridgehead atoms. The summed E-state index contributed by atoms with van der Waals surface area (Å²) in [6, 6.07) is 2.45. The minimum absolute atomic E-state index is 0.153. The third-order valence-electron chi connectivity index (χ3n) is 4.19. The van der Waals surface area contributed by atoms with Crippen LogP contribution in [0.5, 0.6) is 5.75 Å². The Morgan fingerprint density at radius 2 is 2.00 bits per heavy atom. The molecule has 0 aromatic heterocycles. The number of likely N-dealkylation sites (tertiary alicyclic amines) is 1. The van der Waals surface area contributed by atoms with E-state index in [1.54, 1.807) is 32.7 Å². The molecule has 28 heavy (non-hydrogen) atoms. The highest BCUT2D eigenvalue weighted by molar-refractivity contribution is 5.97. The van der Waals surface area contributed by atoms with E-state index in [1.165, 1.54) is 19.2 Å². The molecule has 0 radical (unpaired) electrons. The van der Waals surface area contributed by atoms with Gasteiger partial charge in [-0.15, -0.1) is 0 Å². The van der Waals surface area contributed by atoms with Gasteiger partial charge in [0.2, 0.25) is 0 Å². The summed E-state index contributed by atoms with van der Waals surface area (Å²) in [4.78, 5) is 37.1. The zero-order valence-corrected chi connectivity index (χ0v) is 16.7. The number of hydrogen-bond donors (Lipinski definition) is 2. The van der Waals surface area contributed by atoms with Crippen LogP contribution in [0.2, 0.25) is 0 Å². The molecular formula is C18H26N4O6. The predicted octanol–water partition coefficient (Wildman–Crippen LogP) is 2.38. The number of hydrogen-bond acceptors (Lipinski definition) is 7. The quantitative estimate of drug-likeness (QED) is 0.580. The molecule has 1 saturated heterocycles. The lowest BCUT2D eigenvalue weighted by Gasteiger charge is -2.22. The second-order valence-corrected chi connectivity index (χ2v) is 7.46. The van der Waals surface area contributed by atoms with Crippen molar-refractivity contribution >= 4 is 23.4 Å². The second-order valence-electron chi connectivity index (χ2n) is 7.46. The van der Waals surface area contributed by atoms with Gasteiger partial charge in [0.15, 0.2) is 5.69 Å². The van der Waals surface area contributed by atoms with Gasteiger partial charge in [-0.1, -0.05) is 0 Å². The van der Waals surface area contributed by atoms with E-state index in [1.807, 2.05) is 0 Å². The molecule has 1 aliphatic heterocycles. The van der Waals surface area contributed by atoms with Gasteiger partial charge in [-0.05, 0) is 33.3 Å². The largest absolute Gasteiger partial charge is 0.494 e. The number of nitrogens with zero attached hydrogens (tertiary/aromatic N) is 2. The van der Waals surface area contributed by atoms with Crippen molar-refractivity contribution < 1.29 is 24.0 Å². The van der Waals surface area contributed by atoms with Crippen LogP contribution in [0.3, 0.4) is 0 Å². The first-order valence-corrected chi connectivity index (χ1v) is 8.88. The van der Waals surface area contributed by atoms with E-state index in [0.29, 0.717) is 19.5 Å². The smallest absolute Gasteiger partial charge is 0.407 e. The average molecular weight is 394 g/mol. The maximum Gasteiger partial charge on any atom is 0.407 e. The highest BCUT2D eigenvalue weighted by Gasteiger charge is 2.31. The third kappa shape index (κ3) is 5.02. The fourth-order valence-electron chi connectivity index (χ4n) is 3.00. The van der Waals surface area contributed by atoms with Gasteiger partial charge in [0.1, 0.15) is 11.4 Å². The molecule has 1 atom stereocenters. The zero-order chi connectivity index (χ0) is 21.1. The molecule has 1 unspecified atom stereocenters. The number of anilines is 1. The van der Waals surface area contributed by atoms with Crippen LogP contribution in [-0.4, -0.2) is 60.7 Å². The number of rotatable bonds is 5. The topological polar surface area (TPSA) is 123 Å². The number of carbonyl (C=O) groups excluding carboxylic acids is 2. The Morgan fingerprint density at radius 1 is 1.32 bits per heavy atom. The highest BCUT2D eigenvalue weighted by atomic mass is 16.6. The van der Waals surface area contributed by atoms with Gasteiger partial charge in [0, 0.05) is 26.2 Å². The van der Waals surface area contributed by atoms with E-state index in [-0.39, 0.29) is 34.6 Å². The number of nitro groups is 1. The van der Waals surface area contributed by atoms with Gasteiger partial charge in [0.05, 0.1) is 23.6 Å². The summed E-state index contributed by atoms with van der Waals surface area (Å²) in [6.45, 7) is 6.02. The third-order valence-corrected chi connectivity index (χ3v) is 4.19. The van der Waals surface area contributed by atoms with Crippen LogP contribution in [0.25, 0.3) is 0 Å². The molecule has 2 rings (SSSR count). The summed E-state index contributed by atoms with van der Waals surface area (Å²) in [7, 11) is 2.92. The molecule has 1 aliphatic rings. The van der Waals surface area contributed by atoms with Crippen LogP contribution in [0, 0.1) is 10.1 Å². The van der Waals surface area contributed by atoms with E-state index in [2.05, 4.69) is 10.6 Å². The summed E-state index contributed by atoms with van der Waals surface area (Å²) in [5.41, 5.74) is -0.494. The van der Waals surface area contributed by atoms with Crippen molar-refractivity contribution in [1.29, 1.82) is 0 Å². The van der Waals surface area contributed by atoms with E-state index in [4.69, 9.17) is 9.47 Å². The number of amides is 2. The molecule has 0 aliphatic carbocycles. The first-order chi connectivity index (χ1) is 13.1. The fraction of sp³-hybridized carbons (Fsp3) is 0.556. The van der Waals surface area contributed by atoms with Gasteiger partial charge in [-0.25, -0.2) is 4.79 Å². The lowest BCUT2D eigenvalue weighted by atomic mass is 10.1. The maximum atomic E-state index is 12.8. The van der Waals surface area contributed by atoms with Crippen LogP contribution in [-0.2, 0) is 4.74 Å². The number of alkyl carbamates (subject to hydrolysis) is 1. The van der Waals surface area contributed by atoms with Crippen molar-refractivity contribution in [3.05, 3.63) is 27.8 Å². The van der Waals surface area contributed by atoms with Crippen LogP contribution < -0.4 is 15.4 Å². The summed E-state index contributed by atoms with van der Waals surface area (Å²) in [5, 5.41) is 16.8. The molecule has 0 spiro atoms. The standard InChI is InChI=1S/C18H26N4O6/c1-18(2,3)28-17(24)20-12-6-7-21(10-12)16(23)11-8-13(22(25)26)15(19-4)14(9-11)27-5/h8-9,12,19H,6-7,10H2,1-5H3,(H,20,24). The van der Waals surface area contributed by atoms with Crippen LogP contribution in [0.1, 0.15) is 37.6 Å². The molecule has 2 amide bonds. The summed E-state index contributed by atoms with van der Waals surface area (Å²) in [5.74, 6) is -0.153. The number of nitro benzene ring substituents is 1. The first-order valence-electron chi connectivity index (χ1n) is 8.88. The van der Waals surface area contributed by atoms with Gasteiger partial charge in [-0.3, -0.25) is 14.9 Å². The van der Waals surface area contributed by atoms with Crippen molar-refractivity contribution in [3.8, 4) is 5.75 Å². The number of methoxy groups -OCH3 is 1. The molecular weight excluding hydrogens is 368 g/mol. The Kier molecular flexibility index (Phi) is 6.32. The zero-order valence-electron chi connectivity index (χ0n) is 16.7. The molecule has 0 saturated carbocycles. The Bertz CT molecular complexity index is 774. The summed E-state index contributed by atoms with van der Waals surface area (Å²) in [6.07, 6.45) is 0.0289. The number of ether oxygens (including phenoxy) is 2. The summed E-state index contributed by atoms with van der Waals surface area (Å²) < 4.78 is 10.4. The lowest BCUT2D eigenvalue weighted by Crippen LogP contribution is -2.41. The van der Waals surface area contributed by atoms with Crippen molar-refractivity contribution in [2.45, 2.75) is 38.8 Å². The number of benzene rings is 1. The van der Waals surface area contributed by atoms with Crippen LogP contribution in [0.4, 0.5) is 16.2 Å². The van der Waals surface area contributed by atoms with Crippen molar-refractivity contribution in [2.24, 2.45) is 0 Å². The van der Waals surface area contributed by atoms with E-state index >= 15 is 0 Å². The monoisotopic (exact) mass is 394 g/mol. The molecule has 1 fully saturated rings. The van der Waals surface area contributed by atoms with E-state index in [9.17, 15) is 19.7 Å². The van der Waals surface area contributed by atoms with Crippen molar-refractivity contribution in [3.63, 3.8) is 0 Å². The van der Waals surface area contributed by atoms with Crippen LogP contribution in [0.15, 0.2) is 12.1 Å². The first kappa shape index (κ1) is 21.3. The fourth-order valence-corrected chi connectivity index (χ4v) is 3.00. The molecule has 1 aromatic rings. The predicted molar refractivity (Wildman–Crippen MR) is 103 cm³/mol. The summed E-state index contributed by atoms with van der Waals surface area (Å²) >= 11 is 0. The normalized spacial score (nSPS) is 16.5. The number of carbonyl (C=O) groups is 2. The van der Waals surface area contributed by atoms with Gasteiger partial charge in [-0.2, -0.15) is 0 Å². The molecule has 1 heterocycles. The Labute approximate surface area is 163 Å². The minimum atomic E-state index is -0.608. The van der Waals surface area contributed by atoms with Gasteiger partial charge >= 0.3 is 6.09 Å².